The molecule has 2 rings (SSSR count). The summed E-state index contributed by atoms with van der Waals surface area (Å²) in [7, 11) is 0. The van der Waals surface area contributed by atoms with Crippen LogP contribution in [0.15, 0.2) is 11.4 Å². The minimum atomic E-state index is -0.466. The van der Waals surface area contributed by atoms with Crippen molar-refractivity contribution in [2.24, 2.45) is 0 Å². The highest BCUT2D eigenvalue weighted by molar-refractivity contribution is 7.10. The molecule has 5 nitrogen and oxygen atoms in total. The lowest BCUT2D eigenvalue weighted by Crippen LogP contribution is -2.36. The monoisotopic (exact) mass is 293 g/mol. The Hall–Kier alpha value is -1.58. The summed E-state index contributed by atoms with van der Waals surface area (Å²) in [5.74, 6) is 0. The molecule has 1 aliphatic carbocycles. The quantitative estimate of drug-likeness (QED) is 0.894. The minimum absolute atomic E-state index is 0.139. The third kappa shape index (κ3) is 4.51. The molecule has 1 aromatic heterocycles. The summed E-state index contributed by atoms with van der Waals surface area (Å²) in [4.78, 5) is 12.7. The van der Waals surface area contributed by atoms with Crippen molar-refractivity contribution in [1.82, 2.24) is 10.6 Å². The zero-order chi connectivity index (χ0) is 14.8. The molecule has 0 aliphatic heterocycles. The number of nitriles is 1. The largest absolute Gasteiger partial charge is 0.444 e. The fraction of sp³-hybridized carbons (Fsp3) is 0.571. The topological polar surface area (TPSA) is 74.2 Å². The minimum Gasteiger partial charge on any atom is -0.444 e. The van der Waals surface area contributed by atoms with Gasteiger partial charge in [-0.2, -0.15) is 5.26 Å². The molecule has 0 radical (unpaired) electrons. The third-order valence-electron chi connectivity index (χ3n) is 2.81. The summed E-state index contributed by atoms with van der Waals surface area (Å²) in [5.41, 5.74) is 0.234. The number of nitrogens with one attached hydrogen (secondary N) is 2. The molecule has 2 atom stereocenters. The van der Waals surface area contributed by atoms with E-state index in [-0.39, 0.29) is 18.2 Å². The predicted octanol–water partition coefficient (Wildman–Crippen LogP) is 2.37. The van der Waals surface area contributed by atoms with Crippen LogP contribution in [0.1, 0.15) is 37.6 Å². The molecule has 0 saturated heterocycles. The fourth-order valence-corrected chi connectivity index (χ4v) is 2.56. The molecule has 20 heavy (non-hydrogen) atoms. The van der Waals surface area contributed by atoms with Gasteiger partial charge < -0.3 is 15.4 Å². The van der Waals surface area contributed by atoms with Crippen molar-refractivity contribution >= 4 is 17.4 Å². The molecule has 1 amide bonds. The lowest BCUT2D eigenvalue weighted by Gasteiger charge is -2.19. The van der Waals surface area contributed by atoms with E-state index in [1.165, 1.54) is 0 Å². The molecule has 1 aromatic rings. The number of amides is 1. The highest BCUT2D eigenvalue weighted by Gasteiger charge is 2.38. The van der Waals surface area contributed by atoms with Crippen LogP contribution in [0.3, 0.4) is 0 Å². The lowest BCUT2D eigenvalue weighted by molar-refractivity contribution is 0.0522. The van der Waals surface area contributed by atoms with Gasteiger partial charge in [-0.15, -0.1) is 11.3 Å². The highest BCUT2D eigenvalue weighted by Crippen LogP contribution is 2.23. The van der Waals surface area contributed by atoms with Gasteiger partial charge in [0.2, 0.25) is 0 Å². The Balaban J connectivity index is 1.68. The summed E-state index contributed by atoms with van der Waals surface area (Å²) in [5, 5.41) is 16.8. The van der Waals surface area contributed by atoms with Gasteiger partial charge in [-0.25, -0.2) is 4.79 Å². The van der Waals surface area contributed by atoms with Gasteiger partial charge in [0.15, 0.2) is 0 Å². The maximum atomic E-state index is 11.6. The number of carbonyl (C=O) groups excluding carboxylic acids is 1. The van der Waals surface area contributed by atoms with Gasteiger partial charge >= 0.3 is 6.09 Å². The van der Waals surface area contributed by atoms with Crippen LogP contribution in [0.25, 0.3) is 0 Å². The molecule has 1 saturated carbocycles. The Kier molecular flexibility index (Phi) is 4.31. The van der Waals surface area contributed by atoms with Gasteiger partial charge in [-0.3, -0.25) is 0 Å². The van der Waals surface area contributed by atoms with Gasteiger partial charge in [0, 0.05) is 28.9 Å². The van der Waals surface area contributed by atoms with E-state index in [0.29, 0.717) is 5.56 Å². The Morgan fingerprint density at radius 3 is 2.90 bits per heavy atom. The standard InChI is InChI=1S/C14H19N3O2S/c1-14(2,3)19-13(18)17-12-5-11(12)16-7-10-4-9(6-15)8-20-10/h4,8,11-12,16H,5,7H2,1-3H3,(H,17,18). The highest BCUT2D eigenvalue weighted by atomic mass is 32.1. The Morgan fingerprint density at radius 1 is 1.55 bits per heavy atom. The second-order valence-electron chi connectivity index (χ2n) is 5.89. The van der Waals surface area contributed by atoms with E-state index in [0.717, 1.165) is 17.8 Å². The van der Waals surface area contributed by atoms with Crippen molar-refractivity contribution in [3.8, 4) is 6.07 Å². The Morgan fingerprint density at radius 2 is 2.30 bits per heavy atom. The number of rotatable bonds is 4. The van der Waals surface area contributed by atoms with Gasteiger partial charge in [-0.05, 0) is 33.3 Å². The van der Waals surface area contributed by atoms with E-state index in [2.05, 4.69) is 16.7 Å². The van der Waals surface area contributed by atoms with E-state index >= 15 is 0 Å². The first-order valence-electron chi connectivity index (χ1n) is 6.58. The fourth-order valence-electron chi connectivity index (χ4n) is 1.80. The van der Waals surface area contributed by atoms with Crippen molar-refractivity contribution in [3.63, 3.8) is 0 Å². The van der Waals surface area contributed by atoms with Crippen molar-refractivity contribution in [3.05, 3.63) is 21.9 Å². The van der Waals surface area contributed by atoms with Crippen LogP contribution in [0.4, 0.5) is 4.79 Å². The molecule has 1 aliphatic rings. The summed E-state index contributed by atoms with van der Waals surface area (Å²) in [6.45, 7) is 6.26. The summed E-state index contributed by atoms with van der Waals surface area (Å²) in [6.07, 6.45) is 0.546. The normalized spacial score (nSPS) is 21.1. The van der Waals surface area contributed by atoms with Gasteiger partial charge in [0.05, 0.1) is 5.56 Å². The predicted molar refractivity (Wildman–Crippen MR) is 77.4 cm³/mol. The van der Waals surface area contributed by atoms with E-state index in [1.54, 1.807) is 11.3 Å². The Bertz CT molecular complexity index is 527. The zero-order valence-electron chi connectivity index (χ0n) is 11.9. The average molecular weight is 293 g/mol. The molecular weight excluding hydrogens is 274 g/mol. The SMILES string of the molecule is CC(C)(C)OC(=O)NC1CC1NCc1cc(C#N)cs1. The first-order chi connectivity index (χ1) is 9.37. The first kappa shape index (κ1) is 14.8. The van der Waals surface area contributed by atoms with Crippen LogP contribution in [-0.2, 0) is 11.3 Å². The summed E-state index contributed by atoms with van der Waals surface area (Å²) in [6, 6.07) is 4.43. The lowest BCUT2D eigenvalue weighted by atomic mass is 10.2. The van der Waals surface area contributed by atoms with Gasteiger partial charge in [0.1, 0.15) is 11.7 Å². The number of thiophene rings is 1. The number of ether oxygens (including phenoxy) is 1. The third-order valence-corrected chi connectivity index (χ3v) is 3.75. The maximum Gasteiger partial charge on any atom is 0.407 e. The molecule has 1 fully saturated rings. The van der Waals surface area contributed by atoms with Gasteiger partial charge in [0.25, 0.3) is 0 Å². The molecule has 6 heteroatoms. The zero-order valence-corrected chi connectivity index (χ0v) is 12.7. The molecule has 2 N–H and O–H groups in total. The molecule has 0 aromatic carbocycles. The second-order valence-corrected chi connectivity index (χ2v) is 6.89. The average Bonchev–Trinajstić information content (AvgIpc) is 2.88. The van der Waals surface area contributed by atoms with Gasteiger partial charge in [-0.1, -0.05) is 0 Å². The van der Waals surface area contributed by atoms with E-state index in [1.807, 2.05) is 32.2 Å². The smallest absolute Gasteiger partial charge is 0.407 e. The number of carbonyl (C=O) groups is 1. The van der Waals surface area contributed by atoms with Crippen molar-refractivity contribution in [1.29, 1.82) is 5.26 Å². The number of hydrogen-bond donors (Lipinski definition) is 2. The number of alkyl carbamates (subject to hydrolysis) is 1. The molecule has 0 spiro atoms. The molecule has 2 unspecified atom stereocenters. The van der Waals surface area contributed by atoms with Crippen LogP contribution in [0, 0.1) is 11.3 Å². The molecule has 0 bridgehead atoms. The van der Waals surface area contributed by atoms with Crippen LogP contribution in [0.2, 0.25) is 0 Å². The van der Waals surface area contributed by atoms with Crippen LogP contribution >= 0.6 is 11.3 Å². The molecular formula is C14H19N3O2S. The maximum absolute atomic E-state index is 11.6. The van der Waals surface area contributed by atoms with Crippen LogP contribution < -0.4 is 10.6 Å². The number of hydrogen-bond acceptors (Lipinski definition) is 5. The number of nitrogens with zero attached hydrogens (tertiary/aromatic N) is 1. The van der Waals surface area contributed by atoms with E-state index < -0.39 is 5.60 Å². The van der Waals surface area contributed by atoms with Crippen LogP contribution in [-0.4, -0.2) is 23.8 Å². The van der Waals surface area contributed by atoms with E-state index in [4.69, 9.17) is 10.00 Å². The summed E-state index contributed by atoms with van der Waals surface area (Å²) >= 11 is 1.57. The molecule has 108 valence electrons. The van der Waals surface area contributed by atoms with Crippen molar-refractivity contribution in [2.45, 2.75) is 51.4 Å². The second kappa shape index (κ2) is 5.81. The van der Waals surface area contributed by atoms with E-state index in [9.17, 15) is 4.79 Å². The molecule has 1 heterocycles. The van der Waals surface area contributed by atoms with Crippen molar-refractivity contribution in [2.75, 3.05) is 0 Å². The first-order valence-corrected chi connectivity index (χ1v) is 7.46. The van der Waals surface area contributed by atoms with Crippen molar-refractivity contribution < 1.29 is 9.53 Å². The van der Waals surface area contributed by atoms with Crippen LogP contribution in [0.5, 0.6) is 0 Å². The Labute approximate surface area is 122 Å². The summed E-state index contributed by atoms with van der Waals surface area (Å²) < 4.78 is 5.21.